The summed E-state index contributed by atoms with van der Waals surface area (Å²) in [5, 5.41) is 8.48. The molecule has 0 saturated heterocycles. The third-order valence-corrected chi connectivity index (χ3v) is 6.63. The summed E-state index contributed by atoms with van der Waals surface area (Å²) in [5.74, 6) is 0.0672. The Kier molecular flexibility index (Phi) is 6.04. The van der Waals surface area contributed by atoms with Crippen LogP contribution in [0.1, 0.15) is 21.6 Å². The molecule has 11 nitrogen and oxygen atoms in total. The predicted octanol–water partition coefficient (Wildman–Crippen LogP) is 2.24. The molecule has 0 spiro atoms. The molecular formula is C21H18N6O5S2. The number of aromatic nitrogens is 4. The van der Waals surface area contributed by atoms with E-state index in [0.717, 1.165) is 10.3 Å². The van der Waals surface area contributed by atoms with E-state index in [4.69, 9.17) is 9.29 Å². The fourth-order valence-corrected chi connectivity index (χ4v) is 4.93. The molecule has 3 heterocycles. The van der Waals surface area contributed by atoms with E-state index in [9.17, 15) is 13.8 Å². The molecule has 4 aromatic rings. The Morgan fingerprint density at radius 1 is 1.18 bits per heavy atom. The maximum absolute atomic E-state index is 12.7. The van der Waals surface area contributed by atoms with Crippen molar-refractivity contribution in [3.8, 4) is 5.75 Å². The minimum atomic E-state index is -2.18. The molecule has 0 radical (unpaired) electrons. The molecule has 2 amide bonds. The van der Waals surface area contributed by atoms with Gasteiger partial charge in [0.05, 0.1) is 29.4 Å². The Bertz CT molecular complexity index is 1420. The van der Waals surface area contributed by atoms with Crippen molar-refractivity contribution in [2.45, 2.75) is 19.6 Å². The Morgan fingerprint density at radius 2 is 2.03 bits per heavy atom. The number of nitrogens with zero attached hydrogens (tertiary/aromatic N) is 5. The van der Waals surface area contributed by atoms with Crippen LogP contribution >= 0.6 is 11.3 Å². The number of carbonyl (C=O) groups excluding carboxylic acids is 2. The van der Waals surface area contributed by atoms with Gasteiger partial charge in [-0.15, -0.1) is 5.10 Å². The van der Waals surface area contributed by atoms with Crippen LogP contribution < -0.4 is 9.46 Å². The van der Waals surface area contributed by atoms with Crippen molar-refractivity contribution < 1.29 is 23.1 Å². The third-order valence-electron chi connectivity index (χ3n) is 5.20. The smallest absolute Gasteiger partial charge is 0.260 e. The minimum Gasteiger partial charge on any atom is -0.487 e. The fraction of sp³-hybridized carbons (Fsp3) is 0.190. The topological polar surface area (TPSA) is 140 Å². The van der Waals surface area contributed by atoms with E-state index >= 15 is 0 Å². The number of hydrogen-bond donors (Lipinski definition) is 2. The normalized spacial score (nSPS) is 14.3. The highest BCUT2D eigenvalue weighted by Gasteiger charge is 2.30. The van der Waals surface area contributed by atoms with Gasteiger partial charge in [0.25, 0.3) is 17.2 Å². The molecule has 0 bridgehead atoms. The minimum absolute atomic E-state index is 0.172. The lowest BCUT2D eigenvalue weighted by Crippen LogP contribution is -2.43. The molecule has 5 rings (SSSR count). The largest absolute Gasteiger partial charge is 0.487 e. The van der Waals surface area contributed by atoms with E-state index < -0.39 is 11.3 Å². The molecular weight excluding hydrogens is 480 g/mol. The van der Waals surface area contributed by atoms with Gasteiger partial charge in [0.15, 0.2) is 5.13 Å². The lowest BCUT2D eigenvalue weighted by atomic mass is 9.98. The first-order valence-corrected chi connectivity index (χ1v) is 12.1. The van der Waals surface area contributed by atoms with Crippen molar-refractivity contribution >= 4 is 49.8 Å². The number of nitrogens with one attached hydrogen (secondary N) is 1. The van der Waals surface area contributed by atoms with Crippen molar-refractivity contribution in [2.75, 3.05) is 11.3 Å². The van der Waals surface area contributed by atoms with Crippen LogP contribution in [-0.2, 0) is 35.6 Å². The summed E-state index contributed by atoms with van der Waals surface area (Å²) >= 11 is -0.949. The van der Waals surface area contributed by atoms with Gasteiger partial charge in [0.2, 0.25) is 5.91 Å². The van der Waals surface area contributed by atoms with Gasteiger partial charge in [-0.3, -0.25) is 28.4 Å². The number of fused-ring (bicyclic) bond motifs is 2. The Labute approximate surface area is 199 Å². The number of imide groups is 1. The molecule has 1 unspecified atom stereocenters. The standard InChI is InChI=1S/C21H18N6O5S2/c28-19-9-13-3-1-2-4-16(13)20(29)27(19)8-7-26-11-14(23-25-26)12-32-15-5-6-17-18(10-15)33-21(22-17)24-34(30)31/h1-6,10-11H,7-9,12H2,(H,22,24)(H,30,31). The van der Waals surface area contributed by atoms with Gasteiger partial charge in [-0.25, -0.2) is 9.19 Å². The number of anilines is 1. The fourth-order valence-electron chi connectivity index (χ4n) is 3.61. The monoisotopic (exact) mass is 498 g/mol. The van der Waals surface area contributed by atoms with Crippen LogP contribution in [0.15, 0.2) is 48.7 Å². The molecule has 34 heavy (non-hydrogen) atoms. The second-order valence-electron chi connectivity index (χ2n) is 7.45. The molecule has 0 aliphatic carbocycles. The molecule has 13 heteroatoms. The average molecular weight is 499 g/mol. The molecule has 174 valence electrons. The molecule has 2 N–H and O–H groups in total. The van der Waals surface area contributed by atoms with Gasteiger partial charge in [-0.2, -0.15) is 0 Å². The Morgan fingerprint density at radius 3 is 2.88 bits per heavy atom. The Balaban J connectivity index is 1.18. The number of amides is 2. The summed E-state index contributed by atoms with van der Waals surface area (Å²) in [7, 11) is 0. The van der Waals surface area contributed by atoms with Crippen LogP contribution in [0.3, 0.4) is 0 Å². The molecule has 0 fully saturated rings. The molecule has 1 atom stereocenters. The molecule has 1 aliphatic heterocycles. The van der Waals surface area contributed by atoms with Crippen LogP contribution in [0.4, 0.5) is 5.13 Å². The van der Waals surface area contributed by atoms with Crippen molar-refractivity contribution in [1.82, 2.24) is 24.9 Å². The van der Waals surface area contributed by atoms with E-state index in [-0.39, 0.29) is 31.4 Å². The maximum Gasteiger partial charge on any atom is 0.260 e. The molecule has 2 aromatic heterocycles. The zero-order valence-electron chi connectivity index (χ0n) is 17.6. The third kappa shape index (κ3) is 4.66. The van der Waals surface area contributed by atoms with Crippen molar-refractivity contribution in [3.63, 3.8) is 0 Å². The second-order valence-corrected chi connectivity index (χ2v) is 9.18. The predicted molar refractivity (Wildman–Crippen MR) is 125 cm³/mol. The molecule has 2 aromatic carbocycles. The van der Waals surface area contributed by atoms with E-state index in [2.05, 4.69) is 20.0 Å². The number of rotatable bonds is 8. The van der Waals surface area contributed by atoms with Crippen LogP contribution in [0, 0.1) is 0 Å². The summed E-state index contributed by atoms with van der Waals surface area (Å²) in [4.78, 5) is 30.5. The zero-order chi connectivity index (χ0) is 23.7. The summed E-state index contributed by atoms with van der Waals surface area (Å²) in [5.41, 5.74) is 2.58. The highest BCUT2D eigenvalue weighted by atomic mass is 32.2. The quantitative estimate of drug-likeness (QED) is 0.278. The van der Waals surface area contributed by atoms with Crippen molar-refractivity contribution in [1.29, 1.82) is 0 Å². The van der Waals surface area contributed by atoms with Gasteiger partial charge in [0, 0.05) is 12.1 Å². The van der Waals surface area contributed by atoms with Crippen LogP contribution in [-0.4, -0.2) is 52.0 Å². The summed E-state index contributed by atoms with van der Waals surface area (Å²) in [6.45, 7) is 0.694. The van der Waals surface area contributed by atoms with E-state index in [1.54, 1.807) is 47.3 Å². The average Bonchev–Trinajstić information content (AvgIpc) is 3.43. The van der Waals surface area contributed by atoms with E-state index in [1.165, 1.54) is 16.2 Å². The number of benzene rings is 2. The van der Waals surface area contributed by atoms with Gasteiger partial charge < -0.3 is 4.74 Å². The van der Waals surface area contributed by atoms with Crippen LogP contribution in [0.5, 0.6) is 5.75 Å². The second kappa shape index (κ2) is 9.29. The SMILES string of the molecule is O=C1Cc2ccccc2C(=O)N1CCn1cc(COc2ccc3nc(NS(=O)O)sc3c2)nn1. The first-order chi connectivity index (χ1) is 16.5. The number of ether oxygens (including phenoxy) is 1. The van der Waals surface area contributed by atoms with Gasteiger partial charge in [-0.1, -0.05) is 34.7 Å². The van der Waals surface area contributed by atoms with Crippen LogP contribution in [0.2, 0.25) is 0 Å². The van der Waals surface area contributed by atoms with Gasteiger partial charge in [-0.05, 0) is 29.8 Å². The highest BCUT2D eigenvalue weighted by Crippen LogP contribution is 2.29. The van der Waals surface area contributed by atoms with Gasteiger partial charge in [0.1, 0.15) is 18.1 Å². The lowest BCUT2D eigenvalue weighted by Gasteiger charge is -2.26. The summed E-state index contributed by atoms with van der Waals surface area (Å²) < 4.78 is 30.3. The summed E-state index contributed by atoms with van der Waals surface area (Å²) in [6.07, 6.45) is 1.91. The van der Waals surface area contributed by atoms with Crippen LogP contribution in [0.25, 0.3) is 10.2 Å². The lowest BCUT2D eigenvalue weighted by molar-refractivity contribution is -0.128. The number of thiazole rings is 1. The Hall–Kier alpha value is -3.68. The molecule has 1 aliphatic rings. The van der Waals surface area contributed by atoms with Crippen molar-refractivity contribution in [2.24, 2.45) is 0 Å². The van der Waals surface area contributed by atoms with Crippen molar-refractivity contribution in [3.05, 3.63) is 65.5 Å². The van der Waals surface area contributed by atoms with Gasteiger partial charge >= 0.3 is 0 Å². The zero-order valence-corrected chi connectivity index (χ0v) is 19.2. The highest BCUT2D eigenvalue weighted by molar-refractivity contribution is 7.80. The first kappa shape index (κ1) is 22.1. The molecule has 0 saturated carbocycles. The number of hydrogen-bond acceptors (Lipinski definition) is 8. The first-order valence-electron chi connectivity index (χ1n) is 10.2. The van der Waals surface area contributed by atoms with E-state index in [1.807, 2.05) is 6.07 Å². The van der Waals surface area contributed by atoms with E-state index in [0.29, 0.717) is 34.2 Å². The maximum atomic E-state index is 12.7. The number of carbonyl (C=O) groups is 2. The summed E-state index contributed by atoms with van der Waals surface area (Å²) in [6, 6.07) is 12.4.